The van der Waals surface area contributed by atoms with Crippen molar-refractivity contribution in [1.29, 1.82) is 0 Å². The summed E-state index contributed by atoms with van der Waals surface area (Å²) in [5, 5.41) is 0. The molecule has 0 amide bonds. The molecule has 0 atom stereocenters. The second-order valence-corrected chi connectivity index (χ2v) is 4.07. The minimum Gasteiger partial charge on any atom is -0.465 e. The third-order valence-electron chi connectivity index (χ3n) is 2.64. The lowest BCUT2D eigenvalue weighted by Gasteiger charge is -2.02. The van der Waals surface area contributed by atoms with Gasteiger partial charge in [0.1, 0.15) is 11.5 Å². The number of benzene rings is 1. The summed E-state index contributed by atoms with van der Waals surface area (Å²) >= 11 is 0. The smallest absolute Gasteiger partial charge is 0.336 e. The van der Waals surface area contributed by atoms with E-state index >= 15 is 0 Å². The van der Waals surface area contributed by atoms with Crippen LogP contribution in [-0.4, -0.2) is 11.8 Å². The van der Waals surface area contributed by atoms with E-state index in [0.29, 0.717) is 23.5 Å². The number of Topliss-reactive ketones (excluding diaryl/α,β-unsaturated/α-hetero) is 1. The molecule has 20 heavy (non-hydrogen) atoms. The summed E-state index contributed by atoms with van der Waals surface area (Å²) in [6, 6.07) is 9.95. The minimum atomic E-state index is -0.504. The van der Waals surface area contributed by atoms with E-state index in [0.717, 1.165) is 0 Å². The molecule has 2 aromatic rings. The predicted octanol–water partition coefficient (Wildman–Crippen LogP) is 3.49. The predicted molar refractivity (Wildman–Crippen MR) is 74.4 cm³/mol. The number of hydrogen-bond acceptors (Lipinski definition) is 4. The Hall–Kier alpha value is -2.62. The quantitative estimate of drug-likeness (QED) is 0.361. The first-order valence-corrected chi connectivity index (χ1v) is 6.25. The van der Waals surface area contributed by atoms with Crippen LogP contribution in [0.2, 0.25) is 0 Å². The Morgan fingerprint density at radius 1 is 1.20 bits per heavy atom. The zero-order valence-corrected chi connectivity index (χ0v) is 11.0. The van der Waals surface area contributed by atoms with E-state index in [2.05, 4.69) is 0 Å². The summed E-state index contributed by atoms with van der Waals surface area (Å²) in [7, 11) is 0. The van der Waals surface area contributed by atoms with Gasteiger partial charge in [0.25, 0.3) is 0 Å². The number of carbonyl (C=O) groups excluding carboxylic acids is 2. The third kappa shape index (κ3) is 3.68. The molecule has 0 radical (unpaired) electrons. The molecule has 2 rings (SSSR count). The van der Waals surface area contributed by atoms with E-state index in [1.165, 1.54) is 18.4 Å². The average molecular weight is 270 g/mol. The second-order valence-electron chi connectivity index (χ2n) is 4.07. The fraction of sp³-hybridized carbons (Fsp3) is 0.125. The van der Waals surface area contributed by atoms with Gasteiger partial charge in [-0.1, -0.05) is 6.92 Å². The largest absolute Gasteiger partial charge is 0.465 e. The summed E-state index contributed by atoms with van der Waals surface area (Å²) in [5.74, 6) is 0.522. The molecule has 0 aliphatic rings. The van der Waals surface area contributed by atoms with Crippen LogP contribution in [0.5, 0.6) is 5.75 Å². The van der Waals surface area contributed by atoms with Crippen molar-refractivity contribution in [2.45, 2.75) is 13.3 Å². The van der Waals surface area contributed by atoms with Crippen molar-refractivity contribution in [2.24, 2.45) is 0 Å². The fourth-order valence-corrected chi connectivity index (χ4v) is 1.60. The zero-order chi connectivity index (χ0) is 14.4. The van der Waals surface area contributed by atoms with Gasteiger partial charge in [-0.15, -0.1) is 0 Å². The Kier molecular flexibility index (Phi) is 4.50. The topological polar surface area (TPSA) is 56.5 Å². The van der Waals surface area contributed by atoms with Crippen LogP contribution in [0.1, 0.15) is 29.5 Å². The van der Waals surface area contributed by atoms with Gasteiger partial charge in [-0.2, -0.15) is 0 Å². The van der Waals surface area contributed by atoms with Crippen LogP contribution in [0.3, 0.4) is 0 Å². The van der Waals surface area contributed by atoms with E-state index < -0.39 is 5.97 Å². The van der Waals surface area contributed by atoms with E-state index in [9.17, 15) is 9.59 Å². The Labute approximate surface area is 116 Å². The molecule has 0 aliphatic carbocycles. The summed E-state index contributed by atoms with van der Waals surface area (Å²) in [6.45, 7) is 1.80. The van der Waals surface area contributed by atoms with E-state index in [4.69, 9.17) is 9.15 Å². The van der Waals surface area contributed by atoms with Crippen LogP contribution in [-0.2, 0) is 4.79 Å². The van der Waals surface area contributed by atoms with Crippen molar-refractivity contribution in [1.82, 2.24) is 0 Å². The van der Waals surface area contributed by atoms with Crippen molar-refractivity contribution in [3.05, 3.63) is 60.1 Å². The highest BCUT2D eigenvalue weighted by Crippen LogP contribution is 2.14. The lowest BCUT2D eigenvalue weighted by Crippen LogP contribution is -2.04. The number of hydrogen-bond donors (Lipinski definition) is 0. The number of ketones is 1. The van der Waals surface area contributed by atoms with Gasteiger partial charge >= 0.3 is 5.97 Å². The highest BCUT2D eigenvalue weighted by Gasteiger charge is 2.05. The molecule has 1 aromatic heterocycles. The first-order valence-electron chi connectivity index (χ1n) is 6.25. The molecule has 1 heterocycles. The minimum absolute atomic E-state index is 0.0561. The maximum Gasteiger partial charge on any atom is 0.336 e. The number of carbonyl (C=O) groups is 2. The van der Waals surface area contributed by atoms with Crippen LogP contribution in [0.15, 0.2) is 53.2 Å². The molecule has 0 N–H and O–H groups in total. The van der Waals surface area contributed by atoms with Crippen molar-refractivity contribution < 1.29 is 18.7 Å². The van der Waals surface area contributed by atoms with Crippen LogP contribution < -0.4 is 4.74 Å². The highest BCUT2D eigenvalue weighted by molar-refractivity contribution is 5.96. The summed E-state index contributed by atoms with van der Waals surface area (Å²) in [4.78, 5) is 23.0. The van der Waals surface area contributed by atoms with Crippen LogP contribution in [0.25, 0.3) is 6.08 Å². The van der Waals surface area contributed by atoms with Gasteiger partial charge in [0.05, 0.1) is 6.26 Å². The number of esters is 1. The van der Waals surface area contributed by atoms with Crippen molar-refractivity contribution in [3.63, 3.8) is 0 Å². The molecule has 0 saturated heterocycles. The molecule has 102 valence electrons. The number of rotatable bonds is 5. The molecule has 0 bridgehead atoms. The third-order valence-corrected chi connectivity index (χ3v) is 2.64. The van der Waals surface area contributed by atoms with Gasteiger partial charge in [0, 0.05) is 18.1 Å². The fourth-order valence-electron chi connectivity index (χ4n) is 1.60. The number of furan rings is 1. The molecule has 0 saturated carbocycles. The maximum atomic E-state index is 11.6. The first-order chi connectivity index (χ1) is 9.69. The SMILES string of the molecule is CCC(=O)c1ccc(OC(=O)/C=C/c2ccco2)cc1. The van der Waals surface area contributed by atoms with Gasteiger partial charge < -0.3 is 9.15 Å². The average Bonchev–Trinajstić information content (AvgIpc) is 2.98. The Balaban J connectivity index is 1.96. The van der Waals surface area contributed by atoms with Gasteiger partial charge in [0.2, 0.25) is 0 Å². The zero-order valence-electron chi connectivity index (χ0n) is 11.0. The Morgan fingerprint density at radius 2 is 1.95 bits per heavy atom. The van der Waals surface area contributed by atoms with E-state index in [1.807, 2.05) is 0 Å². The molecule has 1 aromatic carbocycles. The van der Waals surface area contributed by atoms with Crippen molar-refractivity contribution in [2.75, 3.05) is 0 Å². The van der Waals surface area contributed by atoms with Crippen molar-refractivity contribution >= 4 is 17.8 Å². The second kappa shape index (κ2) is 6.52. The van der Waals surface area contributed by atoms with Crippen LogP contribution in [0.4, 0.5) is 0 Å². The first kappa shape index (κ1) is 13.8. The molecule has 4 heteroatoms. The van der Waals surface area contributed by atoms with E-state index in [-0.39, 0.29) is 5.78 Å². The summed E-state index contributed by atoms with van der Waals surface area (Å²) < 4.78 is 10.2. The molecule has 0 unspecified atom stereocenters. The lowest BCUT2D eigenvalue weighted by molar-refractivity contribution is -0.128. The molecular weight excluding hydrogens is 256 g/mol. The standard InChI is InChI=1S/C16H14O4/c1-2-15(17)12-5-7-14(8-6-12)20-16(18)10-9-13-4-3-11-19-13/h3-11H,2H2,1H3/b10-9+. The Morgan fingerprint density at radius 3 is 2.55 bits per heavy atom. The lowest BCUT2D eigenvalue weighted by atomic mass is 10.1. The van der Waals surface area contributed by atoms with E-state index in [1.54, 1.807) is 43.3 Å². The molecular formula is C16H14O4. The van der Waals surface area contributed by atoms with Gasteiger partial charge in [0.15, 0.2) is 5.78 Å². The summed E-state index contributed by atoms with van der Waals surface area (Å²) in [6.07, 6.45) is 4.78. The molecule has 0 spiro atoms. The molecule has 4 nitrogen and oxygen atoms in total. The molecule has 0 aliphatic heterocycles. The monoisotopic (exact) mass is 270 g/mol. The normalized spacial score (nSPS) is 10.7. The van der Waals surface area contributed by atoms with Crippen LogP contribution >= 0.6 is 0 Å². The van der Waals surface area contributed by atoms with Crippen molar-refractivity contribution in [3.8, 4) is 5.75 Å². The Bertz CT molecular complexity index is 606. The summed E-state index contributed by atoms with van der Waals surface area (Å²) in [5.41, 5.74) is 0.610. The van der Waals surface area contributed by atoms with Gasteiger partial charge in [-0.05, 0) is 42.5 Å². The van der Waals surface area contributed by atoms with Crippen LogP contribution in [0, 0.1) is 0 Å². The maximum absolute atomic E-state index is 11.6. The number of ether oxygens (including phenoxy) is 1. The van der Waals surface area contributed by atoms with Gasteiger partial charge in [-0.25, -0.2) is 4.79 Å². The van der Waals surface area contributed by atoms with Gasteiger partial charge in [-0.3, -0.25) is 4.79 Å². The molecule has 0 fully saturated rings. The highest BCUT2D eigenvalue weighted by atomic mass is 16.5.